The molecule has 254 valence electrons. The summed E-state index contributed by atoms with van der Waals surface area (Å²) in [5.41, 5.74) is 9.60. The van der Waals surface area contributed by atoms with Crippen LogP contribution in [0.4, 0.5) is 38.3 Å². The van der Waals surface area contributed by atoms with Crippen LogP contribution in [-0.2, 0) is 9.53 Å². The standard InChI is InChI=1S/C38H38N8O4/c1-38(2,3)50-37(49)45(34-29-20-18-26(40-25-13-5-4-6-14-25)22-32(29)46(44-34)36(39)48)31-16-10-9-15-27(31)24-17-19-28-30(21-24)42-43-33(28)41-35(47)23-11-7-8-12-23/h4-6,9-10,13-23,40H,7-8,11-12H2,1-3H3,(H2,39,48)(H2,41,42,43,47). The number of hydrogen-bond acceptors (Lipinski definition) is 7. The predicted octanol–water partition coefficient (Wildman–Crippen LogP) is 8.45. The van der Waals surface area contributed by atoms with Gasteiger partial charge in [-0.1, -0.05) is 55.3 Å². The van der Waals surface area contributed by atoms with E-state index in [1.165, 1.54) is 4.90 Å². The number of benzene rings is 4. The van der Waals surface area contributed by atoms with Gasteiger partial charge in [0.15, 0.2) is 11.6 Å². The molecule has 0 atom stereocenters. The molecule has 1 saturated carbocycles. The zero-order valence-electron chi connectivity index (χ0n) is 28.1. The minimum Gasteiger partial charge on any atom is -0.443 e. The maximum absolute atomic E-state index is 14.2. The van der Waals surface area contributed by atoms with Crippen LogP contribution in [-0.4, -0.2) is 43.6 Å². The molecule has 6 aromatic rings. The highest BCUT2D eigenvalue weighted by Crippen LogP contribution is 2.40. The van der Waals surface area contributed by atoms with Crippen molar-refractivity contribution in [2.45, 2.75) is 52.1 Å². The molecule has 12 nitrogen and oxygen atoms in total. The van der Waals surface area contributed by atoms with Crippen LogP contribution in [0.5, 0.6) is 0 Å². The number of aromatic nitrogens is 4. The third-order valence-corrected chi connectivity index (χ3v) is 8.71. The maximum Gasteiger partial charge on any atom is 0.420 e. The summed E-state index contributed by atoms with van der Waals surface area (Å²) < 4.78 is 7.01. The minimum absolute atomic E-state index is 0.00701. The predicted molar refractivity (Wildman–Crippen MR) is 195 cm³/mol. The molecule has 0 saturated heterocycles. The number of hydrogen-bond donors (Lipinski definition) is 4. The first-order valence-corrected chi connectivity index (χ1v) is 16.6. The molecule has 0 unspecified atom stereocenters. The van der Waals surface area contributed by atoms with Gasteiger partial charge in [-0.2, -0.15) is 9.78 Å². The Bertz CT molecular complexity index is 2230. The Morgan fingerprint density at radius 1 is 0.900 bits per heavy atom. The van der Waals surface area contributed by atoms with Crippen molar-refractivity contribution >= 4 is 68.5 Å². The van der Waals surface area contributed by atoms with E-state index >= 15 is 0 Å². The summed E-state index contributed by atoms with van der Waals surface area (Å²) in [7, 11) is 0. The number of fused-ring (bicyclic) bond motifs is 2. The van der Waals surface area contributed by atoms with Crippen molar-refractivity contribution in [2.24, 2.45) is 11.7 Å². The summed E-state index contributed by atoms with van der Waals surface area (Å²) in [5, 5.41) is 19.6. The highest BCUT2D eigenvalue weighted by atomic mass is 16.6. The van der Waals surface area contributed by atoms with Gasteiger partial charge in [-0.25, -0.2) is 14.5 Å². The molecule has 1 aliphatic carbocycles. The van der Waals surface area contributed by atoms with Gasteiger partial charge in [-0.15, -0.1) is 5.10 Å². The number of amides is 3. The molecule has 4 aromatic carbocycles. The number of aromatic amines is 1. The summed E-state index contributed by atoms with van der Waals surface area (Å²) in [6, 6.07) is 27.3. The Morgan fingerprint density at radius 2 is 1.62 bits per heavy atom. The molecule has 2 heterocycles. The van der Waals surface area contributed by atoms with Gasteiger partial charge in [0, 0.05) is 33.6 Å². The smallest absolute Gasteiger partial charge is 0.420 e. The monoisotopic (exact) mass is 670 g/mol. The lowest BCUT2D eigenvalue weighted by atomic mass is 10.0. The number of nitrogens with zero attached hydrogens (tertiary/aromatic N) is 4. The quantitative estimate of drug-likeness (QED) is 0.133. The maximum atomic E-state index is 14.2. The van der Waals surface area contributed by atoms with Crippen LogP contribution in [0.3, 0.4) is 0 Å². The number of carbonyl (C=O) groups is 3. The van der Waals surface area contributed by atoms with Crippen LogP contribution in [0.15, 0.2) is 91.0 Å². The average Bonchev–Trinajstić information content (AvgIpc) is 3.85. The summed E-state index contributed by atoms with van der Waals surface area (Å²) >= 11 is 0. The first kappa shape index (κ1) is 32.4. The third-order valence-electron chi connectivity index (χ3n) is 8.71. The first-order chi connectivity index (χ1) is 24.1. The Labute approximate surface area is 288 Å². The molecule has 12 heteroatoms. The molecule has 5 N–H and O–H groups in total. The van der Waals surface area contributed by atoms with Crippen molar-refractivity contribution in [3.63, 3.8) is 0 Å². The SMILES string of the molecule is CC(C)(C)OC(=O)N(c1ccccc1-c1ccc2c(NC(=O)C3CCCC3)n[nH]c2c1)c1nn(C(N)=O)c2cc(Nc3ccccc3)ccc12. The summed E-state index contributed by atoms with van der Waals surface area (Å²) in [6.45, 7) is 5.35. The highest BCUT2D eigenvalue weighted by molar-refractivity contribution is 6.09. The van der Waals surface area contributed by atoms with Gasteiger partial charge in [0.1, 0.15) is 5.60 Å². The van der Waals surface area contributed by atoms with E-state index in [2.05, 4.69) is 25.9 Å². The molecule has 3 amide bonds. The number of primary amides is 1. The lowest BCUT2D eigenvalue weighted by molar-refractivity contribution is -0.119. The average molecular weight is 671 g/mol. The van der Waals surface area contributed by atoms with Gasteiger partial charge in [-0.3, -0.25) is 9.89 Å². The molecule has 0 aliphatic heterocycles. The van der Waals surface area contributed by atoms with E-state index in [0.29, 0.717) is 39.2 Å². The summed E-state index contributed by atoms with van der Waals surface area (Å²) in [4.78, 5) is 41.1. The van der Waals surface area contributed by atoms with E-state index < -0.39 is 17.7 Å². The summed E-state index contributed by atoms with van der Waals surface area (Å²) in [6.07, 6.45) is 3.22. The molecule has 1 fully saturated rings. The van der Waals surface area contributed by atoms with Crippen molar-refractivity contribution in [2.75, 3.05) is 15.5 Å². The van der Waals surface area contributed by atoms with Crippen LogP contribution in [0, 0.1) is 5.92 Å². The van der Waals surface area contributed by atoms with Crippen molar-refractivity contribution < 1.29 is 19.1 Å². The Hall–Kier alpha value is -6.17. The number of para-hydroxylation sites is 2. The molecule has 0 spiro atoms. The number of anilines is 5. The van der Waals surface area contributed by atoms with Gasteiger partial charge >= 0.3 is 12.1 Å². The number of nitrogens with one attached hydrogen (secondary N) is 3. The number of nitrogens with two attached hydrogens (primary N) is 1. The van der Waals surface area contributed by atoms with E-state index in [4.69, 9.17) is 10.5 Å². The molecule has 1 aliphatic rings. The van der Waals surface area contributed by atoms with Crippen LogP contribution in [0.25, 0.3) is 32.9 Å². The Kier molecular flexibility index (Phi) is 8.44. The second kappa shape index (κ2) is 13.0. The van der Waals surface area contributed by atoms with Gasteiger partial charge < -0.3 is 21.1 Å². The zero-order valence-corrected chi connectivity index (χ0v) is 28.1. The van der Waals surface area contributed by atoms with Crippen LogP contribution >= 0.6 is 0 Å². The van der Waals surface area contributed by atoms with Crippen molar-refractivity contribution in [1.82, 2.24) is 20.0 Å². The van der Waals surface area contributed by atoms with E-state index in [-0.39, 0.29) is 17.6 Å². The number of rotatable bonds is 7. The van der Waals surface area contributed by atoms with Gasteiger partial charge in [0.25, 0.3) is 0 Å². The van der Waals surface area contributed by atoms with Gasteiger partial charge in [0.2, 0.25) is 5.91 Å². The molecule has 50 heavy (non-hydrogen) atoms. The molecular formula is C38H38N8O4. The van der Waals surface area contributed by atoms with Gasteiger partial charge in [-0.05, 0) is 87.7 Å². The fraction of sp³-hybridized carbons (Fsp3) is 0.237. The first-order valence-electron chi connectivity index (χ1n) is 16.6. The number of ether oxygens (including phenoxy) is 1. The Morgan fingerprint density at radius 3 is 2.36 bits per heavy atom. The van der Waals surface area contributed by atoms with E-state index in [0.717, 1.165) is 47.0 Å². The van der Waals surface area contributed by atoms with Crippen molar-refractivity contribution in [3.05, 3.63) is 91.0 Å². The fourth-order valence-corrected chi connectivity index (χ4v) is 6.41. The zero-order chi connectivity index (χ0) is 35.0. The molecule has 0 bridgehead atoms. The largest absolute Gasteiger partial charge is 0.443 e. The van der Waals surface area contributed by atoms with Crippen LogP contribution < -0.4 is 21.3 Å². The molecule has 2 aromatic heterocycles. The molecule has 7 rings (SSSR count). The molecule has 0 radical (unpaired) electrons. The second-order valence-corrected chi connectivity index (χ2v) is 13.4. The third kappa shape index (κ3) is 6.47. The fourth-order valence-electron chi connectivity index (χ4n) is 6.41. The van der Waals surface area contributed by atoms with Crippen LogP contribution in [0.1, 0.15) is 46.5 Å². The minimum atomic E-state index is -0.840. The van der Waals surface area contributed by atoms with E-state index in [9.17, 15) is 14.4 Å². The van der Waals surface area contributed by atoms with Crippen molar-refractivity contribution in [1.29, 1.82) is 0 Å². The topological polar surface area (TPSA) is 160 Å². The number of H-pyrrole nitrogens is 1. The normalized spacial score (nSPS) is 13.4. The number of carbonyl (C=O) groups excluding carboxylic acids is 3. The molecular weight excluding hydrogens is 632 g/mol. The lowest BCUT2D eigenvalue weighted by Gasteiger charge is -2.28. The Balaban J connectivity index is 1.32. The lowest BCUT2D eigenvalue weighted by Crippen LogP contribution is -2.34. The van der Waals surface area contributed by atoms with Gasteiger partial charge in [0.05, 0.1) is 16.7 Å². The second-order valence-electron chi connectivity index (χ2n) is 13.4. The van der Waals surface area contributed by atoms with Crippen molar-refractivity contribution in [3.8, 4) is 11.1 Å². The van der Waals surface area contributed by atoms with Crippen LogP contribution in [0.2, 0.25) is 0 Å². The highest BCUT2D eigenvalue weighted by Gasteiger charge is 2.32. The van der Waals surface area contributed by atoms with E-state index in [1.54, 1.807) is 39.0 Å². The van der Waals surface area contributed by atoms with E-state index in [1.807, 2.05) is 72.8 Å². The summed E-state index contributed by atoms with van der Waals surface area (Å²) in [5.74, 6) is 0.652.